The molecule has 276 valence electrons. The summed E-state index contributed by atoms with van der Waals surface area (Å²) in [6.45, 7) is -2.54. The van der Waals surface area contributed by atoms with Crippen LogP contribution in [-0.2, 0) is 49.7 Å². The number of H-pyrrole nitrogens is 1. The zero-order valence-electron chi connectivity index (χ0n) is 23.8. The van der Waals surface area contributed by atoms with Crippen molar-refractivity contribution in [3.8, 4) is 0 Å². The molecule has 49 heavy (non-hydrogen) atoms. The van der Waals surface area contributed by atoms with E-state index in [9.17, 15) is 53.1 Å². The van der Waals surface area contributed by atoms with Crippen molar-refractivity contribution in [2.24, 2.45) is 0 Å². The summed E-state index contributed by atoms with van der Waals surface area (Å²) < 4.78 is 83.1. The number of hydrogen-bond donors (Lipinski definition) is 10. The maximum absolute atomic E-state index is 13.7. The minimum atomic E-state index is -6.39. The Morgan fingerprint density at radius 3 is 1.65 bits per heavy atom. The lowest BCUT2D eigenvalue weighted by Gasteiger charge is -2.25. The Bertz CT molecular complexity index is 1860. The molecule has 9 atom stereocenters. The highest BCUT2D eigenvalue weighted by molar-refractivity contribution is 7.71. The molecular formula is C18H27N5O22P4. The zero-order chi connectivity index (χ0) is 36.7. The highest BCUT2D eigenvalue weighted by atomic mass is 31.3. The molecule has 27 nitrogen and oxygen atoms in total. The first-order valence-electron chi connectivity index (χ1n) is 12.9. The van der Waals surface area contributed by atoms with Crippen molar-refractivity contribution in [2.45, 2.75) is 49.1 Å². The molecule has 4 heterocycles. The van der Waals surface area contributed by atoms with Gasteiger partial charge in [-0.05, 0) is 6.07 Å². The van der Waals surface area contributed by atoms with Crippen LogP contribution in [0.1, 0.15) is 12.5 Å². The van der Waals surface area contributed by atoms with Crippen molar-refractivity contribution >= 4 is 37.1 Å². The first-order valence-corrected chi connectivity index (χ1v) is 18.9. The van der Waals surface area contributed by atoms with E-state index in [-0.39, 0.29) is 5.82 Å². The molecule has 2 saturated heterocycles. The number of aliphatic hydroxyl groups is 4. The number of hydrogen-bond acceptors (Lipinski definition) is 20. The molecule has 4 rings (SSSR count). The second-order valence-electron chi connectivity index (χ2n) is 9.86. The normalized spacial score (nSPS) is 29.2. The Kier molecular flexibility index (Phi) is 11.9. The number of nitrogens with one attached hydrogen (secondary N) is 1. The lowest BCUT2D eigenvalue weighted by atomic mass is 10.1. The van der Waals surface area contributed by atoms with Crippen molar-refractivity contribution in [1.29, 1.82) is 0 Å². The van der Waals surface area contributed by atoms with Gasteiger partial charge in [0.25, 0.3) is 5.56 Å². The predicted molar refractivity (Wildman–Crippen MR) is 151 cm³/mol. The van der Waals surface area contributed by atoms with Crippen LogP contribution in [0.5, 0.6) is 0 Å². The summed E-state index contributed by atoms with van der Waals surface area (Å²) in [6, 6.07) is 1.97. The fourth-order valence-electron chi connectivity index (χ4n) is 4.28. The Morgan fingerprint density at radius 1 is 0.735 bits per heavy atom. The van der Waals surface area contributed by atoms with E-state index in [1.54, 1.807) is 0 Å². The van der Waals surface area contributed by atoms with Crippen LogP contribution < -0.4 is 22.7 Å². The number of aromatic nitrogens is 4. The van der Waals surface area contributed by atoms with E-state index in [0.29, 0.717) is 9.13 Å². The average molecular weight is 789 g/mol. The highest BCUT2D eigenvalue weighted by Gasteiger charge is 2.52. The number of aliphatic hydroxyl groups excluding tert-OH is 4. The summed E-state index contributed by atoms with van der Waals surface area (Å²) in [6.07, 6.45) is -13.0. The van der Waals surface area contributed by atoms with E-state index < -0.39 is 111 Å². The van der Waals surface area contributed by atoms with Gasteiger partial charge in [-0.25, -0.2) is 27.8 Å². The summed E-state index contributed by atoms with van der Waals surface area (Å²) in [4.78, 5) is 77.5. The number of ether oxygens (including phenoxy) is 2. The van der Waals surface area contributed by atoms with Crippen molar-refractivity contribution in [3.05, 3.63) is 55.8 Å². The van der Waals surface area contributed by atoms with Gasteiger partial charge in [0.15, 0.2) is 12.5 Å². The lowest BCUT2D eigenvalue weighted by Crippen LogP contribution is -2.37. The molecule has 0 radical (unpaired) electrons. The zero-order valence-corrected chi connectivity index (χ0v) is 27.4. The average Bonchev–Trinajstić information content (AvgIpc) is 3.38. The molecule has 2 fully saturated rings. The quantitative estimate of drug-likeness (QED) is 0.0818. The van der Waals surface area contributed by atoms with Crippen molar-refractivity contribution in [1.82, 2.24) is 19.1 Å². The summed E-state index contributed by atoms with van der Waals surface area (Å²) in [5.74, 6) is -0.218. The van der Waals surface area contributed by atoms with E-state index in [4.69, 9.17) is 43.8 Å². The summed E-state index contributed by atoms with van der Waals surface area (Å²) in [5, 5.41) is 41.8. The van der Waals surface area contributed by atoms with Crippen molar-refractivity contribution in [2.75, 3.05) is 18.9 Å². The molecule has 0 spiro atoms. The number of anilines is 1. The van der Waals surface area contributed by atoms with E-state index in [1.807, 2.05) is 4.98 Å². The first kappa shape index (κ1) is 39.5. The molecule has 0 aliphatic carbocycles. The third-order valence-corrected chi connectivity index (χ3v) is 12.2. The minimum Gasteiger partial charge on any atom is -0.387 e. The van der Waals surface area contributed by atoms with E-state index in [0.717, 1.165) is 24.5 Å². The van der Waals surface area contributed by atoms with E-state index >= 15 is 0 Å². The number of aromatic amines is 1. The third kappa shape index (κ3) is 9.93. The van der Waals surface area contributed by atoms with Gasteiger partial charge in [-0.15, -0.1) is 0 Å². The van der Waals surface area contributed by atoms with Gasteiger partial charge in [0, 0.05) is 18.5 Å². The standard InChI is InChI=1S/C18H27N5O22P4/c19-9-1-3-22(17(29)20-9)15-13(27)11(25)7(41-15)5-39-48(37,45-49(38,43-46(31,32)33)44-47(34,35)36)40-6-8-12(26)14(28)16(42-8)23-4-2-10(24)21-18(23)30/h1-4,7-8,11-16,25-28H,5-6H2,(H2,19,20,29)(H,21,24,30)(H2,31,32,33)(H2,34,35,36)/t7-,8-,11-,12-,13-,14-,15-,16-,48?/m1/s1. The molecule has 0 aromatic carbocycles. The van der Waals surface area contributed by atoms with Gasteiger partial charge in [-0.2, -0.15) is 17.9 Å². The molecule has 1 unspecified atom stereocenters. The maximum Gasteiger partial charge on any atom is 0.501 e. The van der Waals surface area contributed by atoms with Crippen LogP contribution in [0.2, 0.25) is 0 Å². The SMILES string of the molecule is Nc1ccn([C@@H]2O[C@H](COP(=O)(OC[C@H]3O[C@@H](n4ccc(=O)[nH]c4=O)[C@H](O)[C@@H]3O)OP(=O)(OP(=O)(O)O)OP(=O)(O)O)[C@@H](O)[C@H]2O)c(=O)n1. The number of nitrogens with zero attached hydrogens (tertiary/aromatic N) is 3. The second kappa shape index (κ2) is 14.7. The van der Waals surface area contributed by atoms with Crippen molar-refractivity contribution in [3.63, 3.8) is 0 Å². The maximum atomic E-state index is 13.7. The second-order valence-corrected chi connectivity index (χ2v) is 16.1. The van der Waals surface area contributed by atoms with Gasteiger partial charge >= 0.3 is 42.7 Å². The molecule has 2 aliphatic heterocycles. The van der Waals surface area contributed by atoms with Gasteiger partial charge < -0.3 is 55.2 Å². The fraction of sp³-hybridized carbons (Fsp3) is 0.556. The number of rotatable bonds is 14. The monoisotopic (exact) mass is 789 g/mol. The van der Waals surface area contributed by atoms with Gasteiger partial charge in [0.05, 0.1) is 13.2 Å². The number of phosphoric ester groups is 1. The van der Waals surface area contributed by atoms with Gasteiger partial charge in [0.1, 0.15) is 42.4 Å². The summed E-state index contributed by atoms with van der Waals surface area (Å²) in [5.41, 5.74) is 2.41. The van der Waals surface area contributed by atoms with Gasteiger partial charge in [0.2, 0.25) is 0 Å². The number of nitrogen functional groups attached to an aromatic ring is 1. The van der Waals surface area contributed by atoms with Gasteiger partial charge in [-0.3, -0.25) is 28.0 Å². The third-order valence-electron chi connectivity index (χ3n) is 6.33. The highest BCUT2D eigenvalue weighted by Crippen LogP contribution is 2.75. The molecule has 31 heteroatoms. The molecule has 0 saturated carbocycles. The predicted octanol–water partition coefficient (Wildman–Crippen LogP) is -3.90. The largest absolute Gasteiger partial charge is 0.501 e. The lowest BCUT2D eigenvalue weighted by molar-refractivity contribution is -0.0639. The molecule has 2 aromatic rings. The Morgan fingerprint density at radius 2 is 1.20 bits per heavy atom. The number of phosphoric acid groups is 4. The van der Waals surface area contributed by atoms with Crippen LogP contribution >= 0.6 is 31.3 Å². The van der Waals surface area contributed by atoms with Crippen LogP contribution in [0.25, 0.3) is 0 Å². The van der Waals surface area contributed by atoms with Crippen LogP contribution in [0.3, 0.4) is 0 Å². The van der Waals surface area contributed by atoms with Crippen molar-refractivity contribution < 1.29 is 89.7 Å². The molecule has 11 N–H and O–H groups in total. The molecule has 2 aromatic heterocycles. The topological polar surface area (TPSA) is 410 Å². The minimum absolute atomic E-state index is 0.218. The fourth-order valence-corrected chi connectivity index (χ4v) is 9.62. The van der Waals surface area contributed by atoms with Crippen LogP contribution in [0, 0.1) is 0 Å². The Labute approximate surface area is 270 Å². The smallest absolute Gasteiger partial charge is 0.387 e. The van der Waals surface area contributed by atoms with Gasteiger partial charge in [-0.1, -0.05) is 0 Å². The van der Waals surface area contributed by atoms with E-state index in [1.165, 1.54) is 0 Å². The Hall–Kier alpha value is -2.32. The Balaban J connectivity index is 1.60. The van der Waals surface area contributed by atoms with Crippen LogP contribution in [0.15, 0.2) is 38.9 Å². The molecule has 0 bridgehead atoms. The van der Waals surface area contributed by atoms with E-state index in [2.05, 4.69) is 17.9 Å². The molecule has 2 aliphatic rings. The number of nitrogens with two attached hydrogens (primary N) is 1. The first-order chi connectivity index (χ1) is 22.5. The van der Waals surface area contributed by atoms with Crippen LogP contribution in [-0.4, -0.2) is 109 Å². The molecule has 0 amide bonds. The summed E-state index contributed by atoms with van der Waals surface area (Å²) >= 11 is 0. The summed E-state index contributed by atoms with van der Waals surface area (Å²) in [7, 11) is -24.4. The van der Waals surface area contributed by atoms with Crippen LogP contribution in [0.4, 0.5) is 5.82 Å². The molecular weight excluding hydrogens is 762 g/mol.